The summed E-state index contributed by atoms with van der Waals surface area (Å²) in [6.45, 7) is 0.371. The SMILES string of the molecule is Cl.NCc1ccc(F)cc1-n1cccn1. The predicted octanol–water partition coefficient (Wildman–Crippen LogP) is 1.89. The van der Waals surface area contributed by atoms with E-state index in [0.29, 0.717) is 12.2 Å². The maximum atomic E-state index is 13.0. The predicted molar refractivity (Wildman–Crippen MR) is 58.7 cm³/mol. The number of nitrogens with zero attached hydrogens (tertiary/aromatic N) is 2. The van der Waals surface area contributed by atoms with Crippen LogP contribution in [-0.2, 0) is 6.54 Å². The molecule has 0 radical (unpaired) electrons. The minimum absolute atomic E-state index is 0. The highest BCUT2D eigenvalue weighted by atomic mass is 35.5. The first-order chi connectivity index (χ1) is 6.81. The second kappa shape index (κ2) is 4.91. The van der Waals surface area contributed by atoms with Gasteiger partial charge in [-0.3, -0.25) is 0 Å². The van der Waals surface area contributed by atoms with Crippen molar-refractivity contribution in [3.8, 4) is 5.69 Å². The van der Waals surface area contributed by atoms with Crippen molar-refractivity contribution in [1.82, 2.24) is 9.78 Å². The van der Waals surface area contributed by atoms with Gasteiger partial charge in [0.05, 0.1) is 5.69 Å². The summed E-state index contributed by atoms with van der Waals surface area (Å²) < 4.78 is 14.6. The third-order valence-corrected chi connectivity index (χ3v) is 2.02. The van der Waals surface area contributed by atoms with Gasteiger partial charge in [-0.1, -0.05) is 6.07 Å². The monoisotopic (exact) mass is 227 g/mol. The fourth-order valence-electron chi connectivity index (χ4n) is 1.33. The van der Waals surface area contributed by atoms with E-state index < -0.39 is 0 Å². The van der Waals surface area contributed by atoms with Crippen LogP contribution in [0.15, 0.2) is 36.7 Å². The Morgan fingerprint density at radius 1 is 1.40 bits per heavy atom. The Morgan fingerprint density at radius 3 is 2.80 bits per heavy atom. The van der Waals surface area contributed by atoms with Gasteiger partial charge in [0, 0.05) is 18.9 Å². The molecule has 0 spiro atoms. The fraction of sp³-hybridized carbons (Fsp3) is 0.100. The molecule has 1 aromatic carbocycles. The van der Waals surface area contributed by atoms with Crippen LogP contribution in [-0.4, -0.2) is 9.78 Å². The molecule has 2 N–H and O–H groups in total. The van der Waals surface area contributed by atoms with Gasteiger partial charge in [-0.2, -0.15) is 5.10 Å². The molecular formula is C10H11ClFN3. The van der Waals surface area contributed by atoms with E-state index in [-0.39, 0.29) is 18.2 Å². The van der Waals surface area contributed by atoms with Crippen LogP contribution in [0, 0.1) is 5.82 Å². The second-order valence-corrected chi connectivity index (χ2v) is 2.93. The molecule has 0 aliphatic rings. The molecule has 0 bridgehead atoms. The molecule has 15 heavy (non-hydrogen) atoms. The van der Waals surface area contributed by atoms with E-state index in [1.807, 2.05) is 0 Å². The van der Waals surface area contributed by atoms with Crippen molar-refractivity contribution in [2.75, 3.05) is 0 Å². The lowest BCUT2D eigenvalue weighted by Crippen LogP contribution is -2.05. The molecule has 0 saturated carbocycles. The summed E-state index contributed by atoms with van der Waals surface area (Å²) in [6.07, 6.45) is 3.40. The highest BCUT2D eigenvalue weighted by molar-refractivity contribution is 5.85. The van der Waals surface area contributed by atoms with Crippen LogP contribution in [0.5, 0.6) is 0 Å². The molecule has 0 atom stereocenters. The molecular weight excluding hydrogens is 217 g/mol. The Hall–Kier alpha value is -1.39. The molecule has 2 aromatic rings. The minimum Gasteiger partial charge on any atom is -0.326 e. The Bertz CT molecular complexity index is 428. The molecule has 5 heteroatoms. The van der Waals surface area contributed by atoms with E-state index in [0.717, 1.165) is 5.56 Å². The molecule has 3 nitrogen and oxygen atoms in total. The van der Waals surface area contributed by atoms with Crippen LogP contribution < -0.4 is 5.73 Å². The zero-order valence-electron chi connectivity index (χ0n) is 7.93. The molecule has 0 unspecified atom stereocenters. The van der Waals surface area contributed by atoms with Crippen LogP contribution in [0.25, 0.3) is 5.69 Å². The van der Waals surface area contributed by atoms with Gasteiger partial charge < -0.3 is 5.73 Å². The summed E-state index contributed by atoms with van der Waals surface area (Å²) in [5.41, 5.74) is 7.11. The van der Waals surface area contributed by atoms with Gasteiger partial charge in [0.1, 0.15) is 5.82 Å². The van der Waals surface area contributed by atoms with Crippen LogP contribution in [0.3, 0.4) is 0 Å². The van der Waals surface area contributed by atoms with Crippen molar-refractivity contribution >= 4 is 12.4 Å². The van der Waals surface area contributed by atoms with Gasteiger partial charge in [-0.25, -0.2) is 9.07 Å². The molecule has 0 aliphatic heterocycles. The molecule has 0 aliphatic carbocycles. The average Bonchev–Trinajstić information content (AvgIpc) is 2.70. The minimum atomic E-state index is -0.285. The molecule has 1 heterocycles. The normalized spacial score (nSPS) is 9.73. The third kappa shape index (κ3) is 2.34. The van der Waals surface area contributed by atoms with Crippen LogP contribution in [0.2, 0.25) is 0 Å². The van der Waals surface area contributed by atoms with Crippen LogP contribution in [0.1, 0.15) is 5.56 Å². The lowest BCUT2D eigenvalue weighted by atomic mass is 10.2. The van der Waals surface area contributed by atoms with Crippen molar-refractivity contribution in [1.29, 1.82) is 0 Å². The zero-order valence-corrected chi connectivity index (χ0v) is 8.75. The summed E-state index contributed by atoms with van der Waals surface area (Å²) in [5.74, 6) is -0.285. The maximum Gasteiger partial charge on any atom is 0.125 e. The van der Waals surface area contributed by atoms with E-state index >= 15 is 0 Å². The van der Waals surface area contributed by atoms with Crippen molar-refractivity contribution in [3.63, 3.8) is 0 Å². The molecule has 0 amide bonds. The van der Waals surface area contributed by atoms with E-state index in [9.17, 15) is 4.39 Å². The lowest BCUT2D eigenvalue weighted by Gasteiger charge is -2.07. The Morgan fingerprint density at radius 2 is 2.20 bits per heavy atom. The van der Waals surface area contributed by atoms with Gasteiger partial charge in [0.25, 0.3) is 0 Å². The van der Waals surface area contributed by atoms with E-state index in [1.54, 1.807) is 29.2 Å². The Labute approximate surface area is 93.1 Å². The molecule has 0 saturated heterocycles. The van der Waals surface area contributed by atoms with Crippen LogP contribution in [0.4, 0.5) is 4.39 Å². The maximum absolute atomic E-state index is 13.0. The van der Waals surface area contributed by atoms with Gasteiger partial charge in [0.15, 0.2) is 0 Å². The lowest BCUT2D eigenvalue weighted by molar-refractivity contribution is 0.624. The highest BCUT2D eigenvalue weighted by Crippen LogP contribution is 2.14. The first kappa shape index (κ1) is 11.7. The van der Waals surface area contributed by atoms with Crippen molar-refractivity contribution < 1.29 is 4.39 Å². The van der Waals surface area contributed by atoms with E-state index in [2.05, 4.69) is 5.10 Å². The number of nitrogens with two attached hydrogens (primary N) is 1. The van der Waals surface area contributed by atoms with Crippen LogP contribution >= 0.6 is 12.4 Å². The summed E-state index contributed by atoms with van der Waals surface area (Å²) in [7, 11) is 0. The summed E-state index contributed by atoms with van der Waals surface area (Å²) in [4.78, 5) is 0. The number of aromatic nitrogens is 2. The Balaban J connectivity index is 0.00000112. The first-order valence-corrected chi connectivity index (χ1v) is 4.30. The van der Waals surface area contributed by atoms with Crippen molar-refractivity contribution in [3.05, 3.63) is 48.0 Å². The first-order valence-electron chi connectivity index (χ1n) is 4.30. The third-order valence-electron chi connectivity index (χ3n) is 2.02. The van der Waals surface area contributed by atoms with E-state index in [4.69, 9.17) is 5.73 Å². The summed E-state index contributed by atoms with van der Waals surface area (Å²) in [6, 6.07) is 6.28. The number of benzene rings is 1. The van der Waals surface area contributed by atoms with Crippen molar-refractivity contribution in [2.24, 2.45) is 5.73 Å². The van der Waals surface area contributed by atoms with Crippen molar-refractivity contribution in [2.45, 2.75) is 6.54 Å². The Kier molecular flexibility index (Phi) is 3.82. The van der Waals surface area contributed by atoms with E-state index in [1.165, 1.54) is 12.1 Å². The zero-order chi connectivity index (χ0) is 9.97. The van der Waals surface area contributed by atoms with Gasteiger partial charge in [-0.15, -0.1) is 12.4 Å². The topological polar surface area (TPSA) is 43.8 Å². The number of halogens is 2. The number of hydrogen-bond acceptors (Lipinski definition) is 2. The van der Waals surface area contributed by atoms with Gasteiger partial charge >= 0.3 is 0 Å². The highest BCUT2D eigenvalue weighted by Gasteiger charge is 2.04. The molecule has 0 fully saturated rings. The quantitative estimate of drug-likeness (QED) is 0.852. The number of rotatable bonds is 2. The standard InChI is InChI=1S/C10H10FN3.ClH/c11-9-3-2-8(7-12)10(6-9)14-5-1-4-13-14;/h1-6H,7,12H2;1H. The molecule has 80 valence electrons. The average molecular weight is 228 g/mol. The molecule has 1 aromatic heterocycles. The van der Waals surface area contributed by atoms with Gasteiger partial charge in [0.2, 0.25) is 0 Å². The smallest absolute Gasteiger partial charge is 0.125 e. The summed E-state index contributed by atoms with van der Waals surface area (Å²) >= 11 is 0. The fourth-order valence-corrected chi connectivity index (χ4v) is 1.33. The molecule has 2 rings (SSSR count). The van der Waals surface area contributed by atoms with Gasteiger partial charge in [-0.05, 0) is 23.8 Å². The second-order valence-electron chi connectivity index (χ2n) is 2.93. The largest absolute Gasteiger partial charge is 0.326 e. The number of hydrogen-bond donors (Lipinski definition) is 1. The summed E-state index contributed by atoms with van der Waals surface area (Å²) in [5, 5.41) is 4.03.